The van der Waals surface area contributed by atoms with Gasteiger partial charge in [-0.1, -0.05) is 50.0 Å². The number of furan rings is 1. The standard InChI is InChI=1S/C17H18OSi/c1-19(2,3)16-9-10-18-17(16)15-11-13-7-5-4-6-8-14(13)12-15/h4-12H,1-3H3. The predicted molar refractivity (Wildman–Crippen MR) is 83.7 cm³/mol. The molecule has 0 aromatic carbocycles. The molecule has 0 radical (unpaired) electrons. The molecular weight excluding hydrogens is 248 g/mol. The lowest BCUT2D eigenvalue weighted by atomic mass is 10.2. The van der Waals surface area contributed by atoms with Crippen molar-refractivity contribution in [3.05, 3.63) is 54.8 Å². The van der Waals surface area contributed by atoms with Crippen molar-refractivity contribution in [2.45, 2.75) is 19.6 Å². The summed E-state index contributed by atoms with van der Waals surface area (Å²) in [5.74, 6) is 1.05. The first kappa shape index (κ1) is 12.2. The first-order valence-electron chi connectivity index (χ1n) is 6.63. The van der Waals surface area contributed by atoms with Gasteiger partial charge in [0.2, 0.25) is 0 Å². The van der Waals surface area contributed by atoms with Gasteiger partial charge in [0.1, 0.15) is 5.76 Å². The Labute approximate surface area is 115 Å². The van der Waals surface area contributed by atoms with Crippen molar-refractivity contribution < 1.29 is 4.42 Å². The molecule has 0 saturated carbocycles. The summed E-state index contributed by atoms with van der Waals surface area (Å²) >= 11 is 0. The van der Waals surface area contributed by atoms with Crippen molar-refractivity contribution in [3.63, 3.8) is 0 Å². The van der Waals surface area contributed by atoms with Gasteiger partial charge in [-0.2, -0.15) is 0 Å². The smallest absolute Gasteiger partial charge is 0.133 e. The van der Waals surface area contributed by atoms with Crippen LogP contribution in [0.15, 0.2) is 59.2 Å². The molecule has 1 aromatic heterocycles. The van der Waals surface area contributed by atoms with E-state index in [1.54, 1.807) is 0 Å². The Bertz CT molecular complexity index is 645. The van der Waals surface area contributed by atoms with Crippen LogP contribution in [0.5, 0.6) is 0 Å². The summed E-state index contributed by atoms with van der Waals surface area (Å²) in [4.78, 5) is 0. The average molecular weight is 266 g/mol. The maximum Gasteiger partial charge on any atom is 0.133 e. The van der Waals surface area contributed by atoms with E-state index < -0.39 is 8.07 Å². The second-order valence-corrected chi connectivity index (χ2v) is 11.0. The number of fused-ring (bicyclic) bond motifs is 1. The molecule has 2 heteroatoms. The molecule has 1 nitrogen and oxygen atoms in total. The van der Waals surface area contributed by atoms with Gasteiger partial charge >= 0.3 is 0 Å². The molecule has 0 atom stereocenters. The molecule has 1 aromatic rings. The minimum absolute atomic E-state index is 1.05. The minimum atomic E-state index is -1.37. The molecule has 0 spiro atoms. The quantitative estimate of drug-likeness (QED) is 0.618. The third kappa shape index (κ3) is 2.24. The minimum Gasteiger partial charge on any atom is -0.465 e. The molecule has 0 unspecified atom stereocenters. The van der Waals surface area contributed by atoms with E-state index in [0.29, 0.717) is 0 Å². The largest absolute Gasteiger partial charge is 0.465 e. The van der Waals surface area contributed by atoms with E-state index >= 15 is 0 Å². The Morgan fingerprint density at radius 2 is 1.42 bits per heavy atom. The zero-order chi connectivity index (χ0) is 13.5. The van der Waals surface area contributed by atoms with Crippen LogP contribution in [0.3, 0.4) is 0 Å². The summed E-state index contributed by atoms with van der Waals surface area (Å²) in [6.45, 7) is 7.05. The summed E-state index contributed by atoms with van der Waals surface area (Å²) in [5, 5.41) is 1.40. The monoisotopic (exact) mass is 266 g/mol. The maximum absolute atomic E-state index is 5.76. The summed E-state index contributed by atoms with van der Waals surface area (Å²) in [7, 11) is -1.37. The topological polar surface area (TPSA) is 13.1 Å². The highest BCUT2D eigenvalue weighted by Crippen LogP contribution is 2.32. The van der Waals surface area contributed by atoms with E-state index in [0.717, 1.165) is 5.76 Å². The van der Waals surface area contributed by atoms with Crippen molar-refractivity contribution >= 4 is 13.3 Å². The second-order valence-electron chi connectivity index (χ2n) is 5.98. The molecule has 0 N–H and O–H groups in total. The normalized spacial score (nSPS) is 11.9. The average Bonchev–Trinajstić information content (AvgIpc) is 2.91. The van der Waals surface area contributed by atoms with E-state index in [2.05, 4.69) is 68.2 Å². The Kier molecular flexibility index (Phi) is 2.83. The molecule has 0 fully saturated rings. The third-order valence-electron chi connectivity index (χ3n) is 3.46. The van der Waals surface area contributed by atoms with E-state index in [9.17, 15) is 0 Å². The maximum atomic E-state index is 5.76. The molecule has 1 heterocycles. The fourth-order valence-corrected chi connectivity index (χ4v) is 3.92. The van der Waals surface area contributed by atoms with Crippen LogP contribution in [-0.2, 0) is 0 Å². The van der Waals surface area contributed by atoms with Crippen molar-refractivity contribution in [1.29, 1.82) is 0 Å². The van der Waals surface area contributed by atoms with Gasteiger partial charge in [-0.15, -0.1) is 0 Å². The highest BCUT2D eigenvalue weighted by atomic mass is 28.3. The van der Waals surface area contributed by atoms with Crippen LogP contribution in [0.2, 0.25) is 19.6 Å². The lowest BCUT2D eigenvalue weighted by Crippen LogP contribution is -2.37. The Morgan fingerprint density at radius 1 is 0.789 bits per heavy atom. The van der Waals surface area contributed by atoms with Crippen LogP contribution >= 0.6 is 0 Å². The van der Waals surface area contributed by atoms with E-state index in [4.69, 9.17) is 4.42 Å². The van der Waals surface area contributed by atoms with Crippen molar-refractivity contribution in [2.75, 3.05) is 0 Å². The van der Waals surface area contributed by atoms with Gasteiger partial charge in [-0.05, 0) is 34.5 Å². The zero-order valence-electron chi connectivity index (χ0n) is 11.6. The SMILES string of the molecule is C[Si](C)(C)c1ccoc1-c1cc2cccccc-2c1. The van der Waals surface area contributed by atoms with Gasteiger partial charge in [0.25, 0.3) is 0 Å². The van der Waals surface area contributed by atoms with Crippen LogP contribution in [0.4, 0.5) is 0 Å². The van der Waals surface area contributed by atoms with Gasteiger partial charge < -0.3 is 4.42 Å². The van der Waals surface area contributed by atoms with Gasteiger partial charge in [0.05, 0.1) is 14.3 Å². The summed E-state index contributed by atoms with van der Waals surface area (Å²) in [6, 6.07) is 17.1. The molecule has 3 rings (SSSR count). The van der Waals surface area contributed by atoms with Crippen LogP contribution in [-0.4, -0.2) is 8.07 Å². The van der Waals surface area contributed by atoms with Gasteiger partial charge in [-0.25, -0.2) is 0 Å². The van der Waals surface area contributed by atoms with Crippen LogP contribution in [0, 0.1) is 0 Å². The predicted octanol–water partition coefficient (Wildman–Crippen LogP) is 4.60. The lowest BCUT2D eigenvalue weighted by Gasteiger charge is -2.15. The van der Waals surface area contributed by atoms with Crippen LogP contribution in [0.25, 0.3) is 22.5 Å². The number of hydrogen-bond donors (Lipinski definition) is 0. The molecule has 2 aliphatic rings. The first-order valence-corrected chi connectivity index (χ1v) is 10.1. The van der Waals surface area contributed by atoms with Crippen molar-refractivity contribution in [2.24, 2.45) is 0 Å². The number of hydrogen-bond acceptors (Lipinski definition) is 1. The first-order chi connectivity index (χ1) is 9.05. The Balaban J connectivity index is 2.17. The summed E-state index contributed by atoms with van der Waals surface area (Å²) in [6.07, 6.45) is 1.82. The highest BCUT2D eigenvalue weighted by Gasteiger charge is 2.24. The lowest BCUT2D eigenvalue weighted by molar-refractivity contribution is 0.584. The van der Waals surface area contributed by atoms with E-state index in [-0.39, 0.29) is 0 Å². The molecule has 0 aliphatic heterocycles. The second kappa shape index (κ2) is 4.39. The van der Waals surface area contributed by atoms with E-state index in [1.165, 1.54) is 21.9 Å². The zero-order valence-corrected chi connectivity index (χ0v) is 12.6. The number of rotatable bonds is 2. The molecule has 2 aliphatic carbocycles. The van der Waals surface area contributed by atoms with E-state index in [1.807, 2.05) is 6.26 Å². The third-order valence-corrected chi connectivity index (χ3v) is 5.47. The molecule has 0 bridgehead atoms. The van der Waals surface area contributed by atoms with Crippen molar-refractivity contribution in [1.82, 2.24) is 0 Å². The molecule has 19 heavy (non-hydrogen) atoms. The molecule has 0 amide bonds. The molecule has 0 saturated heterocycles. The fraction of sp³-hybridized carbons (Fsp3) is 0.176. The highest BCUT2D eigenvalue weighted by molar-refractivity contribution is 6.89. The Hall–Kier alpha value is -1.80. The van der Waals surface area contributed by atoms with Gasteiger partial charge in [0, 0.05) is 5.56 Å². The molecule has 96 valence electrons. The van der Waals surface area contributed by atoms with Crippen LogP contribution in [0.1, 0.15) is 0 Å². The van der Waals surface area contributed by atoms with Crippen molar-refractivity contribution in [3.8, 4) is 22.5 Å². The summed E-state index contributed by atoms with van der Waals surface area (Å²) in [5.41, 5.74) is 3.72. The van der Waals surface area contributed by atoms with Gasteiger partial charge in [-0.3, -0.25) is 0 Å². The van der Waals surface area contributed by atoms with Crippen LogP contribution < -0.4 is 5.19 Å². The Morgan fingerprint density at radius 3 is 2.00 bits per heavy atom. The fourth-order valence-electron chi connectivity index (χ4n) is 2.47. The summed E-state index contributed by atoms with van der Waals surface area (Å²) < 4.78 is 5.76. The van der Waals surface area contributed by atoms with Gasteiger partial charge in [0.15, 0.2) is 0 Å². The molecular formula is C17H18OSi.